The van der Waals surface area contributed by atoms with Crippen molar-refractivity contribution in [1.29, 1.82) is 5.26 Å². The van der Waals surface area contributed by atoms with Gasteiger partial charge in [0.1, 0.15) is 0 Å². The van der Waals surface area contributed by atoms with Gasteiger partial charge in [-0.1, -0.05) is 18.2 Å². The minimum atomic E-state index is -0.334. The highest BCUT2D eigenvalue weighted by molar-refractivity contribution is 5.89. The first-order valence-corrected chi connectivity index (χ1v) is 8.01. The molecule has 0 atom stereocenters. The number of hydrogen-bond donors (Lipinski definition) is 1. The first-order chi connectivity index (χ1) is 11.7. The largest absolute Gasteiger partial charge is 0.466 e. The molecule has 0 radical (unpaired) electrons. The van der Waals surface area contributed by atoms with E-state index in [2.05, 4.69) is 4.98 Å². The molecule has 1 aromatic carbocycles. The van der Waals surface area contributed by atoms with Crippen molar-refractivity contribution in [1.82, 2.24) is 9.88 Å². The van der Waals surface area contributed by atoms with E-state index >= 15 is 0 Å². The summed E-state index contributed by atoms with van der Waals surface area (Å²) in [5.74, 6) is -0.432. The number of carbonyl (C=O) groups is 2. The van der Waals surface area contributed by atoms with Crippen molar-refractivity contribution in [3.8, 4) is 6.07 Å². The number of aromatic nitrogens is 1. The molecule has 0 spiro atoms. The normalized spacial score (nSPS) is 10.3. The number of ether oxygens (including phenoxy) is 1. The number of carbonyl (C=O) groups excluding carboxylic acids is 2. The van der Waals surface area contributed by atoms with E-state index in [1.165, 1.54) is 0 Å². The van der Waals surface area contributed by atoms with Crippen LogP contribution in [0.15, 0.2) is 30.5 Å². The summed E-state index contributed by atoms with van der Waals surface area (Å²) < 4.78 is 4.89. The van der Waals surface area contributed by atoms with Crippen LogP contribution in [0.1, 0.15) is 25.3 Å². The Balaban J connectivity index is 2.03. The first kappa shape index (κ1) is 17.5. The van der Waals surface area contributed by atoms with E-state index in [1.54, 1.807) is 11.8 Å². The number of aromatic amines is 1. The van der Waals surface area contributed by atoms with E-state index in [0.29, 0.717) is 13.2 Å². The van der Waals surface area contributed by atoms with Crippen molar-refractivity contribution in [3.63, 3.8) is 0 Å². The number of nitrogens with zero attached hydrogens (tertiary/aromatic N) is 2. The molecule has 0 bridgehead atoms. The van der Waals surface area contributed by atoms with Gasteiger partial charge in [-0.3, -0.25) is 9.59 Å². The van der Waals surface area contributed by atoms with Crippen LogP contribution < -0.4 is 0 Å². The number of para-hydroxylation sites is 1. The van der Waals surface area contributed by atoms with Crippen LogP contribution in [0.5, 0.6) is 0 Å². The summed E-state index contributed by atoms with van der Waals surface area (Å²) in [6, 6.07) is 9.82. The molecule has 0 fully saturated rings. The van der Waals surface area contributed by atoms with E-state index in [1.807, 2.05) is 36.5 Å². The molecule has 1 amide bonds. The molecule has 0 saturated heterocycles. The van der Waals surface area contributed by atoms with Crippen molar-refractivity contribution in [2.45, 2.75) is 26.2 Å². The molecule has 126 valence electrons. The van der Waals surface area contributed by atoms with Crippen LogP contribution in [0.2, 0.25) is 0 Å². The third-order valence-electron chi connectivity index (χ3n) is 3.75. The third-order valence-corrected chi connectivity index (χ3v) is 3.75. The average molecular weight is 327 g/mol. The van der Waals surface area contributed by atoms with Gasteiger partial charge in [0.05, 0.1) is 31.9 Å². The van der Waals surface area contributed by atoms with Gasteiger partial charge < -0.3 is 14.6 Å². The van der Waals surface area contributed by atoms with Crippen LogP contribution in [-0.4, -0.2) is 41.5 Å². The molecule has 1 heterocycles. The number of H-pyrrole nitrogens is 1. The lowest BCUT2D eigenvalue weighted by atomic mass is 10.1. The van der Waals surface area contributed by atoms with Gasteiger partial charge in [-0.05, 0) is 18.6 Å². The van der Waals surface area contributed by atoms with Crippen LogP contribution in [0.3, 0.4) is 0 Å². The zero-order chi connectivity index (χ0) is 17.4. The van der Waals surface area contributed by atoms with Gasteiger partial charge in [0.15, 0.2) is 0 Å². The molecule has 24 heavy (non-hydrogen) atoms. The maximum absolute atomic E-state index is 12.6. The minimum Gasteiger partial charge on any atom is -0.466 e. The fraction of sp³-hybridized carbons (Fsp3) is 0.389. The zero-order valence-electron chi connectivity index (χ0n) is 13.7. The van der Waals surface area contributed by atoms with Gasteiger partial charge in [-0.25, -0.2) is 0 Å². The molecule has 0 aliphatic rings. The summed E-state index contributed by atoms with van der Waals surface area (Å²) in [4.78, 5) is 28.8. The second-order valence-corrected chi connectivity index (χ2v) is 5.38. The average Bonchev–Trinajstić information content (AvgIpc) is 2.98. The van der Waals surface area contributed by atoms with E-state index < -0.39 is 0 Å². The Labute approximate surface area is 141 Å². The number of esters is 1. The molecule has 0 unspecified atom stereocenters. The lowest BCUT2D eigenvalue weighted by Crippen LogP contribution is -2.35. The quantitative estimate of drug-likeness (QED) is 0.754. The fourth-order valence-corrected chi connectivity index (χ4v) is 2.56. The highest BCUT2D eigenvalue weighted by atomic mass is 16.5. The second-order valence-electron chi connectivity index (χ2n) is 5.38. The fourth-order valence-electron chi connectivity index (χ4n) is 2.56. The zero-order valence-corrected chi connectivity index (χ0v) is 13.7. The molecule has 1 aromatic heterocycles. The molecule has 0 aliphatic carbocycles. The standard InChI is InChI=1S/C18H21N3O3/c1-2-24-18(23)8-11-21(10-5-9-19)17(22)12-14-13-20-16-7-4-3-6-15(14)16/h3-4,6-7,13,20H,2,5,8,10-12H2,1H3. The van der Waals surface area contributed by atoms with Gasteiger partial charge in [-0.15, -0.1) is 0 Å². The number of benzene rings is 1. The van der Waals surface area contributed by atoms with Gasteiger partial charge in [0.2, 0.25) is 5.91 Å². The second kappa shape index (κ2) is 8.73. The Kier molecular flexibility index (Phi) is 6.38. The highest BCUT2D eigenvalue weighted by Gasteiger charge is 2.17. The number of nitriles is 1. The number of fused-ring (bicyclic) bond motifs is 1. The molecular weight excluding hydrogens is 306 g/mol. The van der Waals surface area contributed by atoms with E-state index in [-0.39, 0.29) is 37.7 Å². The van der Waals surface area contributed by atoms with Crippen LogP contribution in [0.4, 0.5) is 0 Å². The smallest absolute Gasteiger partial charge is 0.307 e. The summed E-state index contributed by atoms with van der Waals surface area (Å²) in [5.41, 5.74) is 1.89. The highest BCUT2D eigenvalue weighted by Crippen LogP contribution is 2.18. The van der Waals surface area contributed by atoms with Crippen molar-refractivity contribution in [2.75, 3.05) is 19.7 Å². The van der Waals surface area contributed by atoms with Gasteiger partial charge in [0.25, 0.3) is 0 Å². The predicted molar refractivity (Wildman–Crippen MR) is 90.1 cm³/mol. The number of rotatable bonds is 8. The lowest BCUT2D eigenvalue weighted by Gasteiger charge is -2.21. The molecule has 1 N–H and O–H groups in total. The third kappa shape index (κ3) is 4.59. The Morgan fingerprint density at radius 3 is 2.83 bits per heavy atom. The molecule has 2 aromatic rings. The summed E-state index contributed by atoms with van der Waals surface area (Å²) in [6.07, 6.45) is 2.44. The van der Waals surface area contributed by atoms with Crippen LogP contribution in [-0.2, 0) is 20.7 Å². The summed E-state index contributed by atoms with van der Waals surface area (Å²) in [6.45, 7) is 2.65. The Hall–Kier alpha value is -2.81. The topological polar surface area (TPSA) is 86.2 Å². The van der Waals surface area contributed by atoms with Crippen molar-refractivity contribution < 1.29 is 14.3 Å². The molecule has 0 saturated carbocycles. The Morgan fingerprint density at radius 2 is 2.08 bits per heavy atom. The van der Waals surface area contributed by atoms with Gasteiger partial charge in [-0.2, -0.15) is 5.26 Å². The number of hydrogen-bond acceptors (Lipinski definition) is 4. The first-order valence-electron chi connectivity index (χ1n) is 8.01. The van der Waals surface area contributed by atoms with Gasteiger partial charge in [0, 0.05) is 30.2 Å². The van der Waals surface area contributed by atoms with Gasteiger partial charge >= 0.3 is 5.97 Å². The van der Waals surface area contributed by atoms with E-state index in [0.717, 1.165) is 16.5 Å². The minimum absolute atomic E-state index is 0.0979. The lowest BCUT2D eigenvalue weighted by molar-refractivity contribution is -0.144. The maximum Gasteiger partial charge on any atom is 0.307 e. The van der Waals surface area contributed by atoms with Crippen LogP contribution in [0, 0.1) is 11.3 Å². The number of amides is 1. The molecule has 2 rings (SSSR count). The SMILES string of the molecule is CCOC(=O)CCN(CCC#N)C(=O)Cc1c[nH]c2ccccc12. The van der Waals surface area contributed by atoms with Crippen molar-refractivity contribution in [3.05, 3.63) is 36.0 Å². The summed E-state index contributed by atoms with van der Waals surface area (Å²) >= 11 is 0. The van der Waals surface area contributed by atoms with Crippen molar-refractivity contribution >= 4 is 22.8 Å². The van der Waals surface area contributed by atoms with Crippen LogP contribution >= 0.6 is 0 Å². The Morgan fingerprint density at radius 1 is 1.29 bits per heavy atom. The maximum atomic E-state index is 12.6. The predicted octanol–water partition coefficient (Wildman–Crippen LogP) is 2.41. The summed E-state index contributed by atoms with van der Waals surface area (Å²) in [5, 5.41) is 9.78. The molecular formula is C18H21N3O3. The molecule has 6 nitrogen and oxygen atoms in total. The van der Waals surface area contributed by atoms with E-state index in [4.69, 9.17) is 10.00 Å². The van der Waals surface area contributed by atoms with Crippen LogP contribution in [0.25, 0.3) is 10.9 Å². The molecule has 6 heteroatoms. The van der Waals surface area contributed by atoms with Crippen molar-refractivity contribution in [2.24, 2.45) is 0 Å². The molecule has 0 aliphatic heterocycles. The monoisotopic (exact) mass is 327 g/mol. The Bertz CT molecular complexity index is 745. The number of nitrogens with one attached hydrogen (secondary N) is 1. The summed E-state index contributed by atoms with van der Waals surface area (Å²) in [7, 11) is 0. The van der Waals surface area contributed by atoms with E-state index in [9.17, 15) is 9.59 Å².